The topological polar surface area (TPSA) is 55.1 Å². The zero-order chi connectivity index (χ0) is 12.8. The summed E-state index contributed by atoms with van der Waals surface area (Å²) < 4.78 is 13.1. The molecular formula is C13H19FN2O. The first-order valence-corrected chi connectivity index (χ1v) is 5.86. The number of halogens is 1. The number of benzene rings is 1. The summed E-state index contributed by atoms with van der Waals surface area (Å²) in [6, 6.07) is 3.89. The van der Waals surface area contributed by atoms with Crippen molar-refractivity contribution in [2.24, 2.45) is 5.73 Å². The zero-order valence-corrected chi connectivity index (χ0v) is 10.3. The molecule has 3 N–H and O–H groups in total. The average Bonchev–Trinajstić information content (AvgIpc) is 2.24. The van der Waals surface area contributed by atoms with Gasteiger partial charge >= 0.3 is 0 Å². The Kier molecular flexibility index (Phi) is 5.10. The number of hydrogen-bond acceptors (Lipinski definition) is 2. The minimum absolute atomic E-state index is 0.261. The Morgan fingerprint density at radius 3 is 2.76 bits per heavy atom. The number of carbonyl (C=O) groups excluding carboxylic acids is 1. The van der Waals surface area contributed by atoms with Crippen LogP contribution in [0.25, 0.3) is 0 Å². The first-order chi connectivity index (χ1) is 8.02. The summed E-state index contributed by atoms with van der Waals surface area (Å²) in [7, 11) is 0. The lowest BCUT2D eigenvalue weighted by Gasteiger charge is -2.12. The van der Waals surface area contributed by atoms with Crippen molar-refractivity contribution in [3.8, 4) is 0 Å². The Labute approximate surface area is 101 Å². The largest absolute Gasteiger partial charge is 0.325 e. The van der Waals surface area contributed by atoms with Crippen LogP contribution in [-0.4, -0.2) is 11.9 Å². The van der Waals surface area contributed by atoms with Gasteiger partial charge in [0.25, 0.3) is 0 Å². The number of hydrogen-bond donors (Lipinski definition) is 2. The lowest BCUT2D eigenvalue weighted by Crippen LogP contribution is -2.35. The van der Waals surface area contributed by atoms with Crippen LogP contribution in [0.3, 0.4) is 0 Å². The number of rotatable bonds is 5. The molecule has 0 saturated heterocycles. The second-order valence-electron chi connectivity index (χ2n) is 4.26. The highest BCUT2D eigenvalue weighted by Gasteiger charge is 2.13. The van der Waals surface area contributed by atoms with Gasteiger partial charge in [-0.2, -0.15) is 0 Å². The van der Waals surface area contributed by atoms with Crippen LogP contribution in [0.4, 0.5) is 10.1 Å². The van der Waals surface area contributed by atoms with E-state index in [1.807, 2.05) is 6.92 Å². The molecule has 0 heterocycles. The highest BCUT2D eigenvalue weighted by Crippen LogP contribution is 2.13. The van der Waals surface area contributed by atoms with Gasteiger partial charge in [-0.05, 0) is 37.1 Å². The van der Waals surface area contributed by atoms with E-state index in [1.165, 1.54) is 12.1 Å². The van der Waals surface area contributed by atoms with Crippen LogP contribution in [0.15, 0.2) is 18.2 Å². The Morgan fingerprint density at radius 1 is 1.47 bits per heavy atom. The Balaban J connectivity index is 2.61. The van der Waals surface area contributed by atoms with Gasteiger partial charge in [0, 0.05) is 5.69 Å². The van der Waals surface area contributed by atoms with Gasteiger partial charge in [0.05, 0.1) is 6.04 Å². The molecule has 1 rings (SSSR count). The number of carbonyl (C=O) groups is 1. The van der Waals surface area contributed by atoms with E-state index in [0.717, 1.165) is 18.4 Å². The molecule has 17 heavy (non-hydrogen) atoms. The zero-order valence-electron chi connectivity index (χ0n) is 10.3. The normalized spacial score (nSPS) is 12.2. The van der Waals surface area contributed by atoms with Gasteiger partial charge < -0.3 is 11.1 Å². The predicted octanol–water partition coefficient (Wildman–Crippen LogP) is 2.59. The molecule has 0 spiro atoms. The van der Waals surface area contributed by atoms with E-state index >= 15 is 0 Å². The van der Waals surface area contributed by atoms with Crippen molar-refractivity contribution in [3.63, 3.8) is 0 Å². The quantitative estimate of drug-likeness (QED) is 0.828. The molecule has 3 nitrogen and oxygen atoms in total. The maximum atomic E-state index is 13.1. The molecule has 0 aliphatic rings. The summed E-state index contributed by atoms with van der Waals surface area (Å²) >= 11 is 0. The van der Waals surface area contributed by atoms with Gasteiger partial charge in [0.2, 0.25) is 5.91 Å². The summed E-state index contributed by atoms with van der Waals surface area (Å²) in [4.78, 5) is 11.7. The van der Waals surface area contributed by atoms with Crippen LogP contribution in [0.2, 0.25) is 0 Å². The Hall–Kier alpha value is -1.42. The molecule has 1 aromatic carbocycles. The molecule has 0 aliphatic heterocycles. The van der Waals surface area contributed by atoms with Gasteiger partial charge in [0.1, 0.15) is 5.82 Å². The standard InChI is InChI=1S/C13H19FN2O/c1-3-4-5-12(15)13(17)16-11-7-9(2)6-10(14)8-11/h6-8,12H,3-5,15H2,1-2H3,(H,16,17). The second kappa shape index (κ2) is 6.35. The smallest absolute Gasteiger partial charge is 0.241 e. The number of nitrogens with one attached hydrogen (secondary N) is 1. The summed E-state index contributed by atoms with van der Waals surface area (Å²) in [5.74, 6) is -0.620. The van der Waals surface area contributed by atoms with E-state index in [1.54, 1.807) is 13.0 Å². The molecule has 0 aromatic heterocycles. The lowest BCUT2D eigenvalue weighted by molar-refractivity contribution is -0.117. The van der Waals surface area contributed by atoms with Crippen molar-refractivity contribution in [3.05, 3.63) is 29.6 Å². The first-order valence-electron chi connectivity index (χ1n) is 5.86. The average molecular weight is 238 g/mol. The summed E-state index contributed by atoms with van der Waals surface area (Å²) in [6.45, 7) is 3.82. The van der Waals surface area contributed by atoms with E-state index in [4.69, 9.17) is 5.73 Å². The lowest BCUT2D eigenvalue weighted by atomic mass is 10.1. The van der Waals surface area contributed by atoms with Crippen LogP contribution >= 0.6 is 0 Å². The number of nitrogens with two attached hydrogens (primary N) is 1. The first kappa shape index (κ1) is 13.6. The van der Waals surface area contributed by atoms with E-state index in [9.17, 15) is 9.18 Å². The molecule has 0 saturated carbocycles. The molecule has 1 atom stereocenters. The highest BCUT2D eigenvalue weighted by atomic mass is 19.1. The van der Waals surface area contributed by atoms with Gasteiger partial charge in [0.15, 0.2) is 0 Å². The second-order valence-corrected chi connectivity index (χ2v) is 4.26. The fourth-order valence-corrected chi connectivity index (χ4v) is 1.60. The molecule has 0 aliphatic carbocycles. The molecule has 1 amide bonds. The van der Waals surface area contributed by atoms with Crippen molar-refractivity contribution in [1.82, 2.24) is 0 Å². The number of unbranched alkanes of at least 4 members (excludes halogenated alkanes) is 1. The van der Waals surface area contributed by atoms with Gasteiger partial charge in [-0.15, -0.1) is 0 Å². The van der Waals surface area contributed by atoms with E-state index in [2.05, 4.69) is 5.32 Å². The van der Waals surface area contributed by atoms with E-state index in [-0.39, 0.29) is 11.7 Å². The van der Waals surface area contributed by atoms with Gasteiger partial charge in [-0.25, -0.2) is 4.39 Å². The predicted molar refractivity (Wildman–Crippen MR) is 67.3 cm³/mol. The summed E-state index contributed by atoms with van der Waals surface area (Å²) in [6.07, 6.45) is 2.56. The molecular weight excluding hydrogens is 219 g/mol. The Morgan fingerprint density at radius 2 is 2.18 bits per heavy atom. The number of anilines is 1. The maximum Gasteiger partial charge on any atom is 0.241 e. The number of aryl methyl sites for hydroxylation is 1. The summed E-state index contributed by atoms with van der Waals surface area (Å²) in [5.41, 5.74) is 6.95. The minimum Gasteiger partial charge on any atom is -0.325 e. The third kappa shape index (κ3) is 4.53. The number of amides is 1. The summed E-state index contributed by atoms with van der Waals surface area (Å²) in [5, 5.41) is 2.63. The van der Waals surface area contributed by atoms with Crippen molar-refractivity contribution in [1.29, 1.82) is 0 Å². The van der Waals surface area contributed by atoms with E-state index < -0.39 is 6.04 Å². The van der Waals surface area contributed by atoms with Crippen molar-refractivity contribution in [2.45, 2.75) is 39.2 Å². The molecule has 1 unspecified atom stereocenters. The highest BCUT2D eigenvalue weighted by molar-refractivity contribution is 5.94. The SMILES string of the molecule is CCCCC(N)C(=O)Nc1cc(C)cc(F)c1. The molecule has 0 radical (unpaired) electrons. The molecule has 0 fully saturated rings. The van der Waals surface area contributed by atoms with Crippen LogP contribution < -0.4 is 11.1 Å². The van der Waals surface area contributed by atoms with Crippen LogP contribution in [0.1, 0.15) is 31.7 Å². The molecule has 0 bridgehead atoms. The third-order valence-electron chi connectivity index (χ3n) is 2.52. The van der Waals surface area contributed by atoms with E-state index in [0.29, 0.717) is 12.1 Å². The Bertz CT molecular complexity index is 373. The third-order valence-corrected chi connectivity index (χ3v) is 2.52. The molecule has 94 valence electrons. The van der Waals surface area contributed by atoms with Crippen molar-refractivity contribution >= 4 is 11.6 Å². The fraction of sp³-hybridized carbons (Fsp3) is 0.462. The van der Waals surface area contributed by atoms with Crippen molar-refractivity contribution in [2.75, 3.05) is 5.32 Å². The van der Waals surface area contributed by atoms with Crippen molar-refractivity contribution < 1.29 is 9.18 Å². The maximum absolute atomic E-state index is 13.1. The molecule has 4 heteroatoms. The fourth-order valence-electron chi connectivity index (χ4n) is 1.60. The van der Waals surface area contributed by atoms with Crippen LogP contribution in [0.5, 0.6) is 0 Å². The van der Waals surface area contributed by atoms with Gasteiger partial charge in [-0.3, -0.25) is 4.79 Å². The van der Waals surface area contributed by atoms with Crippen LogP contribution in [-0.2, 0) is 4.79 Å². The monoisotopic (exact) mass is 238 g/mol. The van der Waals surface area contributed by atoms with Gasteiger partial charge in [-0.1, -0.05) is 19.8 Å². The minimum atomic E-state index is -0.529. The molecule has 1 aromatic rings. The van der Waals surface area contributed by atoms with Crippen LogP contribution in [0, 0.1) is 12.7 Å².